The van der Waals surface area contributed by atoms with Crippen molar-refractivity contribution in [3.05, 3.63) is 66.1 Å². The molecule has 1 atom stereocenters. The summed E-state index contributed by atoms with van der Waals surface area (Å²) >= 11 is 0. The van der Waals surface area contributed by atoms with Gasteiger partial charge in [-0.3, -0.25) is 9.78 Å². The number of ether oxygens (including phenoxy) is 1. The fourth-order valence-corrected chi connectivity index (χ4v) is 2.60. The van der Waals surface area contributed by atoms with Crippen LogP contribution in [-0.2, 0) is 16.0 Å². The summed E-state index contributed by atoms with van der Waals surface area (Å²) in [4.78, 5) is 31.4. The zero-order valence-electron chi connectivity index (χ0n) is 13.2. The van der Waals surface area contributed by atoms with Crippen molar-refractivity contribution in [2.24, 2.45) is 0 Å². The number of H-pyrrole nitrogens is 1. The summed E-state index contributed by atoms with van der Waals surface area (Å²) in [5.41, 5.74) is 2.37. The maximum absolute atomic E-state index is 12.3. The van der Waals surface area contributed by atoms with Crippen LogP contribution in [0.5, 0.6) is 0 Å². The van der Waals surface area contributed by atoms with E-state index in [0.717, 1.165) is 16.5 Å². The summed E-state index contributed by atoms with van der Waals surface area (Å²) in [6.07, 6.45) is 5.25. The molecule has 0 bridgehead atoms. The molecule has 6 heteroatoms. The van der Waals surface area contributed by atoms with Crippen molar-refractivity contribution < 1.29 is 14.3 Å². The molecule has 3 aromatic rings. The summed E-state index contributed by atoms with van der Waals surface area (Å²) in [5.74, 6) is -0.824. The molecule has 0 fully saturated rings. The Hall–Kier alpha value is -3.15. The fraction of sp³-hybridized carbons (Fsp3) is 0.167. The number of nitrogens with zero attached hydrogens (tertiary/aromatic N) is 1. The number of fused-ring (bicyclic) bond motifs is 1. The number of amides is 1. The van der Waals surface area contributed by atoms with Crippen LogP contribution < -0.4 is 5.32 Å². The van der Waals surface area contributed by atoms with Gasteiger partial charge in [0.05, 0.1) is 7.11 Å². The molecule has 2 heterocycles. The molecule has 122 valence electrons. The van der Waals surface area contributed by atoms with Gasteiger partial charge in [0.25, 0.3) is 5.91 Å². The molecule has 0 unspecified atom stereocenters. The lowest BCUT2D eigenvalue weighted by Crippen LogP contribution is -2.43. The number of carbonyl (C=O) groups excluding carboxylic acids is 2. The lowest BCUT2D eigenvalue weighted by molar-refractivity contribution is -0.142. The predicted octanol–water partition coefficient (Wildman–Crippen LogP) is 2.08. The molecule has 24 heavy (non-hydrogen) atoms. The molecule has 0 saturated heterocycles. The third-order valence-corrected chi connectivity index (χ3v) is 3.83. The summed E-state index contributed by atoms with van der Waals surface area (Å²) in [6, 6.07) is 10.2. The number of nitrogens with one attached hydrogen (secondary N) is 2. The molecule has 0 aliphatic carbocycles. The van der Waals surface area contributed by atoms with Crippen LogP contribution in [0.15, 0.2) is 55.0 Å². The minimum atomic E-state index is -0.769. The molecule has 0 saturated carbocycles. The summed E-state index contributed by atoms with van der Waals surface area (Å²) < 4.78 is 4.83. The maximum atomic E-state index is 12.3. The Morgan fingerprint density at radius 1 is 1.21 bits per heavy atom. The van der Waals surface area contributed by atoms with Crippen LogP contribution in [0.2, 0.25) is 0 Å². The molecular formula is C18H17N3O3. The molecule has 0 aliphatic rings. The maximum Gasteiger partial charge on any atom is 0.328 e. The third kappa shape index (κ3) is 3.27. The third-order valence-electron chi connectivity index (χ3n) is 3.83. The first-order chi connectivity index (χ1) is 11.7. The number of carbonyl (C=O) groups is 2. The SMILES string of the molecule is COC(=O)[C@H](Cc1c[nH]c2ccccc12)NC(=O)c1ccncc1. The van der Waals surface area contributed by atoms with Gasteiger partial charge >= 0.3 is 5.97 Å². The zero-order valence-corrected chi connectivity index (χ0v) is 13.2. The van der Waals surface area contributed by atoms with Gasteiger partial charge in [-0.1, -0.05) is 18.2 Å². The number of methoxy groups -OCH3 is 1. The molecule has 1 aromatic carbocycles. The smallest absolute Gasteiger partial charge is 0.328 e. The van der Waals surface area contributed by atoms with E-state index in [1.807, 2.05) is 30.5 Å². The minimum Gasteiger partial charge on any atom is -0.467 e. The summed E-state index contributed by atoms with van der Waals surface area (Å²) in [5, 5.41) is 3.75. The number of para-hydroxylation sites is 1. The highest BCUT2D eigenvalue weighted by Gasteiger charge is 2.23. The second kappa shape index (κ2) is 6.95. The van der Waals surface area contributed by atoms with Gasteiger partial charge in [0.2, 0.25) is 0 Å². The van der Waals surface area contributed by atoms with Crippen molar-refractivity contribution in [2.45, 2.75) is 12.5 Å². The lowest BCUT2D eigenvalue weighted by atomic mass is 10.0. The van der Waals surface area contributed by atoms with Gasteiger partial charge < -0.3 is 15.0 Å². The Labute approximate surface area is 138 Å². The van der Waals surface area contributed by atoms with E-state index in [4.69, 9.17) is 4.74 Å². The highest BCUT2D eigenvalue weighted by Crippen LogP contribution is 2.19. The van der Waals surface area contributed by atoms with Gasteiger partial charge in [0, 0.05) is 41.5 Å². The first-order valence-electron chi connectivity index (χ1n) is 7.52. The molecule has 2 N–H and O–H groups in total. The Morgan fingerprint density at radius 2 is 1.96 bits per heavy atom. The number of hydrogen-bond acceptors (Lipinski definition) is 4. The number of esters is 1. The largest absolute Gasteiger partial charge is 0.467 e. The quantitative estimate of drug-likeness (QED) is 0.704. The van der Waals surface area contributed by atoms with Crippen LogP contribution in [0, 0.1) is 0 Å². The van der Waals surface area contributed by atoms with Crippen molar-refractivity contribution in [2.75, 3.05) is 7.11 Å². The number of hydrogen-bond donors (Lipinski definition) is 2. The second-order valence-electron chi connectivity index (χ2n) is 5.35. The zero-order chi connectivity index (χ0) is 16.9. The summed E-state index contributed by atoms with van der Waals surface area (Å²) in [6.45, 7) is 0. The highest BCUT2D eigenvalue weighted by molar-refractivity contribution is 5.97. The minimum absolute atomic E-state index is 0.340. The average molecular weight is 323 g/mol. The van der Waals surface area contributed by atoms with Gasteiger partial charge in [-0.2, -0.15) is 0 Å². The number of pyridine rings is 1. The Morgan fingerprint density at radius 3 is 2.71 bits per heavy atom. The first kappa shape index (κ1) is 15.7. The number of benzene rings is 1. The van der Waals surface area contributed by atoms with Crippen LogP contribution in [0.3, 0.4) is 0 Å². The number of aromatic amines is 1. The molecule has 6 nitrogen and oxygen atoms in total. The Balaban J connectivity index is 1.82. The van der Waals surface area contributed by atoms with E-state index >= 15 is 0 Å². The molecule has 0 spiro atoms. The Bertz CT molecular complexity index is 858. The van der Waals surface area contributed by atoms with E-state index in [-0.39, 0.29) is 5.91 Å². The van der Waals surface area contributed by atoms with E-state index in [9.17, 15) is 9.59 Å². The van der Waals surface area contributed by atoms with Gasteiger partial charge in [-0.25, -0.2) is 4.79 Å². The number of aromatic nitrogens is 2. The molecule has 1 amide bonds. The van der Waals surface area contributed by atoms with Gasteiger partial charge in [0.1, 0.15) is 6.04 Å². The van der Waals surface area contributed by atoms with E-state index in [0.29, 0.717) is 12.0 Å². The van der Waals surface area contributed by atoms with E-state index < -0.39 is 12.0 Å². The monoisotopic (exact) mass is 323 g/mol. The van der Waals surface area contributed by atoms with Crippen LogP contribution >= 0.6 is 0 Å². The Kier molecular flexibility index (Phi) is 4.56. The molecular weight excluding hydrogens is 306 g/mol. The van der Waals surface area contributed by atoms with Gasteiger partial charge in [-0.05, 0) is 23.8 Å². The van der Waals surface area contributed by atoms with Crippen LogP contribution in [0.1, 0.15) is 15.9 Å². The molecule has 0 aliphatic heterocycles. The van der Waals surface area contributed by atoms with Crippen molar-refractivity contribution in [3.8, 4) is 0 Å². The molecule has 0 radical (unpaired) electrons. The topological polar surface area (TPSA) is 84.1 Å². The second-order valence-corrected chi connectivity index (χ2v) is 5.35. The first-order valence-corrected chi connectivity index (χ1v) is 7.52. The molecule has 2 aromatic heterocycles. The van der Waals surface area contributed by atoms with Crippen LogP contribution in [-0.4, -0.2) is 35.0 Å². The normalized spacial score (nSPS) is 11.9. The fourth-order valence-electron chi connectivity index (χ4n) is 2.60. The van der Waals surface area contributed by atoms with E-state index in [1.54, 1.807) is 12.1 Å². The predicted molar refractivity (Wildman–Crippen MR) is 89.5 cm³/mol. The van der Waals surface area contributed by atoms with E-state index in [2.05, 4.69) is 15.3 Å². The van der Waals surface area contributed by atoms with Crippen molar-refractivity contribution in [3.63, 3.8) is 0 Å². The standard InChI is InChI=1S/C18H17N3O3/c1-24-18(23)16(21-17(22)12-6-8-19-9-7-12)10-13-11-20-15-5-3-2-4-14(13)15/h2-9,11,16,20H,10H2,1H3,(H,21,22)/t16-/m0/s1. The lowest BCUT2D eigenvalue weighted by Gasteiger charge is -2.16. The highest BCUT2D eigenvalue weighted by atomic mass is 16.5. The summed E-state index contributed by atoms with van der Waals surface area (Å²) in [7, 11) is 1.31. The van der Waals surface area contributed by atoms with Crippen molar-refractivity contribution >= 4 is 22.8 Å². The van der Waals surface area contributed by atoms with Crippen molar-refractivity contribution in [1.82, 2.24) is 15.3 Å². The van der Waals surface area contributed by atoms with E-state index in [1.165, 1.54) is 19.5 Å². The average Bonchev–Trinajstić information content (AvgIpc) is 3.04. The van der Waals surface area contributed by atoms with Crippen LogP contribution in [0.4, 0.5) is 0 Å². The van der Waals surface area contributed by atoms with Crippen LogP contribution in [0.25, 0.3) is 10.9 Å². The van der Waals surface area contributed by atoms with Gasteiger partial charge in [0.15, 0.2) is 0 Å². The number of rotatable bonds is 5. The van der Waals surface area contributed by atoms with Crippen molar-refractivity contribution in [1.29, 1.82) is 0 Å². The molecule has 3 rings (SSSR count). The van der Waals surface area contributed by atoms with Gasteiger partial charge in [-0.15, -0.1) is 0 Å².